The number of carbonyl (C=O) groups is 2. The molecule has 2 aromatic heterocycles. The van der Waals surface area contributed by atoms with E-state index < -0.39 is 0 Å². The molecule has 32 heavy (non-hydrogen) atoms. The average Bonchev–Trinajstić information content (AvgIpc) is 3.48. The molecule has 0 aliphatic carbocycles. The first-order chi connectivity index (χ1) is 15.7. The van der Waals surface area contributed by atoms with E-state index in [1.165, 1.54) is 0 Å². The summed E-state index contributed by atoms with van der Waals surface area (Å²) in [6.45, 7) is 0.384. The summed E-state index contributed by atoms with van der Waals surface area (Å²) in [6, 6.07) is 20.9. The Labute approximate surface area is 189 Å². The minimum Gasteiger partial charge on any atom is -0.326 e. The van der Waals surface area contributed by atoms with E-state index in [1.807, 2.05) is 72.1 Å². The van der Waals surface area contributed by atoms with E-state index in [0.717, 1.165) is 27.5 Å². The summed E-state index contributed by atoms with van der Waals surface area (Å²) in [4.78, 5) is 35.8. The molecule has 2 aromatic carbocycles. The van der Waals surface area contributed by atoms with Gasteiger partial charge in [-0.3, -0.25) is 14.6 Å². The molecule has 0 radical (unpaired) electrons. The molecule has 1 unspecified atom stereocenters. The maximum atomic E-state index is 12.9. The molecular weight excluding hydrogens is 420 g/mol. The Balaban J connectivity index is 1.29. The third kappa shape index (κ3) is 4.15. The lowest BCUT2D eigenvalue weighted by Gasteiger charge is -2.16. The van der Waals surface area contributed by atoms with Crippen molar-refractivity contribution in [3.63, 3.8) is 0 Å². The number of thiazole rings is 1. The summed E-state index contributed by atoms with van der Waals surface area (Å²) in [5.74, 6) is -0.568. The Morgan fingerprint density at radius 1 is 1.03 bits per heavy atom. The summed E-state index contributed by atoms with van der Waals surface area (Å²) < 4.78 is 0. The van der Waals surface area contributed by atoms with Crippen molar-refractivity contribution in [2.45, 2.75) is 6.42 Å². The van der Waals surface area contributed by atoms with Crippen molar-refractivity contribution in [1.29, 1.82) is 0 Å². The van der Waals surface area contributed by atoms with Gasteiger partial charge in [-0.1, -0.05) is 30.3 Å². The summed E-state index contributed by atoms with van der Waals surface area (Å²) in [7, 11) is 0. The molecule has 4 aromatic rings. The van der Waals surface area contributed by atoms with Crippen LogP contribution < -0.4 is 10.2 Å². The van der Waals surface area contributed by atoms with Gasteiger partial charge >= 0.3 is 0 Å². The molecule has 158 valence electrons. The van der Waals surface area contributed by atoms with Gasteiger partial charge in [0.05, 0.1) is 11.6 Å². The van der Waals surface area contributed by atoms with Crippen LogP contribution in [0.3, 0.4) is 0 Å². The van der Waals surface area contributed by atoms with Gasteiger partial charge in [-0.2, -0.15) is 0 Å². The third-order valence-electron chi connectivity index (χ3n) is 5.40. The maximum absolute atomic E-state index is 12.9. The van der Waals surface area contributed by atoms with Crippen LogP contribution in [0, 0.1) is 5.92 Å². The number of pyridine rings is 1. The van der Waals surface area contributed by atoms with E-state index in [1.54, 1.807) is 28.6 Å². The van der Waals surface area contributed by atoms with Gasteiger partial charge < -0.3 is 10.2 Å². The molecule has 0 saturated carbocycles. The van der Waals surface area contributed by atoms with Gasteiger partial charge in [0.15, 0.2) is 0 Å². The van der Waals surface area contributed by atoms with Gasteiger partial charge in [0.2, 0.25) is 11.8 Å². The first-order valence-electron chi connectivity index (χ1n) is 10.3. The zero-order chi connectivity index (χ0) is 21.9. The van der Waals surface area contributed by atoms with Crippen LogP contribution in [0.15, 0.2) is 84.5 Å². The number of amides is 2. The lowest BCUT2D eigenvalue weighted by molar-refractivity contribution is -0.122. The fraction of sp³-hybridized carbons (Fsp3) is 0.120. The van der Waals surface area contributed by atoms with E-state index in [4.69, 9.17) is 4.98 Å². The molecule has 2 amide bonds. The van der Waals surface area contributed by atoms with Crippen LogP contribution >= 0.6 is 11.3 Å². The molecule has 7 heteroatoms. The van der Waals surface area contributed by atoms with Crippen molar-refractivity contribution >= 4 is 34.5 Å². The zero-order valence-corrected chi connectivity index (χ0v) is 18.0. The van der Waals surface area contributed by atoms with Gasteiger partial charge in [0.25, 0.3) is 0 Å². The summed E-state index contributed by atoms with van der Waals surface area (Å²) in [5, 5.41) is 5.87. The molecule has 3 heterocycles. The minimum atomic E-state index is -0.386. The quantitative estimate of drug-likeness (QED) is 0.481. The number of aromatic nitrogens is 2. The smallest absolute Gasteiger partial charge is 0.229 e. The SMILES string of the molecule is O=C(Nc1cccc(-c2csc(-c3cccnc3)n2)c1)C1CC(=O)N(c2ccccc2)C1. The molecule has 1 N–H and O–H groups in total. The Morgan fingerprint density at radius 2 is 1.88 bits per heavy atom. The predicted molar refractivity (Wildman–Crippen MR) is 126 cm³/mol. The summed E-state index contributed by atoms with van der Waals surface area (Å²) in [5.41, 5.74) is 4.25. The molecule has 1 atom stereocenters. The second-order valence-electron chi connectivity index (χ2n) is 7.59. The molecule has 5 rings (SSSR count). The molecule has 1 fully saturated rings. The molecule has 0 spiro atoms. The van der Waals surface area contributed by atoms with E-state index in [-0.39, 0.29) is 24.2 Å². The largest absolute Gasteiger partial charge is 0.326 e. The Hall–Kier alpha value is -3.84. The number of hydrogen-bond donors (Lipinski definition) is 1. The van der Waals surface area contributed by atoms with E-state index in [2.05, 4.69) is 10.3 Å². The van der Waals surface area contributed by atoms with Crippen LogP contribution in [-0.2, 0) is 9.59 Å². The van der Waals surface area contributed by atoms with Crippen molar-refractivity contribution < 1.29 is 9.59 Å². The Bertz CT molecular complexity index is 1260. The van der Waals surface area contributed by atoms with E-state index in [9.17, 15) is 9.59 Å². The number of benzene rings is 2. The standard InChI is InChI=1S/C25H20N4O2S/c30-23-13-19(15-29(23)21-9-2-1-3-10-21)24(31)27-20-8-4-6-17(12-20)22-16-32-25(28-22)18-7-5-11-26-14-18/h1-12,14,16,19H,13,15H2,(H,27,31). The van der Waals surface area contributed by atoms with Gasteiger partial charge in [-0.15, -0.1) is 11.3 Å². The van der Waals surface area contributed by atoms with Crippen LogP contribution in [0.5, 0.6) is 0 Å². The van der Waals surface area contributed by atoms with Crippen LogP contribution in [0.2, 0.25) is 0 Å². The van der Waals surface area contributed by atoms with Gasteiger partial charge in [0, 0.05) is 53.2 Å². The second-order valence-corrected chi connectivity index (χ2v) is 8.45. The van der Waals surface area contributed by atoms with Crippen LogP contribution in [-0.4, -0.2) is 28.3 Å². The van der Waals surface area contributed by atoms with Crippen molar-refractivity contribution in [2.75, 3.05) is 16.8 Å². The number of anilines is 2. The fourth-order valence-corrected chi connectivity index (χ4v) is 4.59. The molecule has 1 aliphatic heterocycles. The lowest BCUT2D eigenvalue weighted by atomic mass is 10.1. The van der Waals surface area contributed by atoms with Crippen LogP contribution in [0.4, 0.5) is 11.4 Å². The highest BCUT2D eigenvalue weighted by molar-refractivity contribution is 7.13. The van der Waals surface area contributed by atoms with Crippen molar-refractivity contribution in [1.82, 2.24) is 9.97 Å². The van der Waals surface area contributed by atoms with Crippen molar-refractivity contribution in [3.8, 4) is 21.8 Å². The molecule has 1 aliphatic rings. The molecular formula is C25H20N4O2S. The molecule has 6 nitrogen and oxygen atoms in total. The number of nitrogens with zero attached hydrogens (tertiary/aromatic N) is 3. The van der Waals surface area contributed by atoms with Crippen LogP contribution in [0.1, 0.15) is 6.42 Å². The van der Waals surface area contributed by atoms with Gasteiger partial charge in [-0.25, -0.2) is 4.98 Å². The van der Waals surface area contributed by atoms with Crippen LogP contribution in [0.25, 0.3) is 21.8 Å². The Kier molecular flexibility index (Phi) is 5.47. The molecule has 1 saturated heterocycles. The van der Waals surface area contributed by atoms with E-state index >= 15 is 0 Å². The predicted octanol–water partition coefficient (Wildman–Crippen LogP) is 4.86. The van der Waals surface area contributed by atoms with E-state index in [0.29, 0.717) is 12.2 Å². The van der Waals surface area contributed by atoms with Gasteiger partial charge in [-0.05, 0) is 36.4 Å². The van der Waals surface area contributed by atoms with Gasteiger partial charge in [0.1, 0.15) is 5.01 Å². The first-order valence-corrected chi connectivity index (χ1v) is 11.2. The lowest BCUT2D eigenvalue weighted by Crippen LogP contribution is -2.28. The third-order valence-corrected chi connectivity index (χ3v) is 6.29. The minimum absolute atomic E-state index is 0.0319. The topological polar surface area (TPSA) is 75.2 Å². The highest BCUT2D eigenvalue weighted by Crippen LogP contribution is 2.30. The highest BCUT2D eigenvalue weighted by atomic mass is 32.1. The maximum Gasteiger partial charge on any atom is 0.229 e. The second kappa shape index (κ2) is 8.72. The molecule has 0 bridgehead atoms. The summed E-state index contributed by atoms with van der Waals surface area (Å²) >= 11 is 1.55. The fourth-order valence-electron chi connectivity index (χ4n) is 3.77. The number of carbonyl (C=O) groups excluding carboxylic acids is 2. The normalized spacial score (nSPS) is 15.7. The Morgan fingerprint density at radius 3 is 2.69 bits per heavy atom. The number of rotatable bonds is 5. The number of nitrogens with one attached hydrogen (secondary N) is 1. The highest BCUT2D eigenvalue weighted by Gasteiger charge is 2.35. The van der Waals surface area contributed by atoms with Crippen molar-refractivity contribution in [3.05, 3.63) is 84.5 Å². The zero-order valence-electron chi connectivity index (χ0n) is 17.1. The van der Waals surface area contributed by atoms with Crippen molar-refractivity contribution in [2.24, 2.45) is 5.92 Å². The first kappa shape index (κ1) is 20.1. The average molecular weight is 441 g/mol. The number of hydrogen-bond acceptors (Lipinski definition) is 5. The number of para-hydroxylation sites is 1. The summed E-state index contributed by atoms with van der Waals surface area (Å²) in [6.07, 6.45) is 3.74. The monoisotopic (exact) mass is 440 g/mol.